The molecule has 0 atom stereocenters. The minimum absolute atomic E-state index is 0.0488. The minimum Gasteiger partial charge on any atom is -0.251 e. The summed E-state index contributed by atoms with van der Waals surface area (Å²) in [6.45, 7) is 1.40. The fraction of sp³-hybridized carbons (Fsp3) is 0.548. The van der Waals surface area contributed by atoms with Crippen LogP contribution in [0, 0.1) is 35.1 Å². The molecule has 2 aliphatic carbocycles. The molecule has 0 saturated heterocycles. The van der Waals surface area contributed by atoms with Gasteiger partial charge in [-0.05, 0) is 92.2 Å². The Labute approximate surface area is 216 Å². The highest BCUT2D eigenvalue weighted by atomic mass is 19.2. The van der Waals surface area contributed by atoms with Crippen molar-refractivity contribution in [2.75, 3.05) is 6.67 Å². The van der Waals surface area contributed by atoms with Gasteiger partial charge in [-0.1, -0.05) is 44.0 Å². The molecule has 37 heavy (non-hydrogen) atoms. The maximum absolute atomic E-state index is 15.2. The van der Waals surface area contributed by atoms with E-state index in [-0.39, 0.29) is 40.9 Å². The normalized spacial score (nSPS) is 24.9. The number of hydrogen-bond acceptors (Lipinski definition) is 0. The molecule has 2 aromatic rings. The predicted molar refractivity (Wildman–Crippen MR) is 136 cm³/mol. The maximum Gasteiger partial charge on any atom is 0.167 e. The smallest absolute Gasteiger partial charge is 0.167 e. The molecule has 0 nitrogen and oxygen atoms in total. The molecule has 0 amide bonds. The van der Waals surface area contributed by atoms with E-state index >= 15 is 17.6 Å². The van der Waals surface area contributed by atoms with Crippen LogP contribution < -0.4 is 0 Å². The quantitative estimate of drug-likeness (QED) is 0.303. The molecule has 0 bridgehead atoms. The first-order valence-electron chi connectivity index (χ1n) is 13.7. The van der Waals surface area contributed by atoms with Crippen LogP contribution >= 0.6 is 0 Å². The van der Waals surface area contributed by atoms with Crippen molar-refractivity contribution >= 4 is 0 Å². The largest absolute Gasteiger partial charge is 0.251 e. The second kappa shape index (κ2) is 12.5. The van der Waals surface area contributed by atoms with Gasteiger partial charge in [0.25, 0.3) is 0 Å². The summed E-state index contributed by atoms with van der Waals surface area (Å²) in [7, 11) is 0. The standard InChI is InChI=1S/C31H36F6/c1-2-3-19-4-8-21(9-5-19)24-12-14-26(30(36)28(24)34)27-15-13-25(29(35)31(27)37)22-10-6-20(7-11-22)18-23(33)16-17-32/h12-15,18-22H,2-11,16-17H2,1H3/b23-18-. The Kier molecular flexibility index (Phi) is 9.41. The molecule has 2 saturated carbocycles. The zero-order chi connectivity index (χ0) is 26.5. The summed E-state index contributed by atoms with van der Waals surface area (Å²) in [6, 6.07) is 5.68. The van der Waals surface area contributed by atoms with E-state index in [1.54, 1.807) is 0 Å². The van der Waals surface area contributed by atoms with Gasteiger partial charge in [0.1, 0.15) is 0 Å². The summed E-state index contributed by atoms with van der Waals surface area (Å²) in [5, 5.41) is 0. The first-order chi connectivity index (χ1) is 17.8. The van der Waals surface area contributed by atoms with Gasteiger partial charge < -0.3 is 0 Å². The number of allylic oxidation sites excluding steroid dienone is 2. The highest BCUT2D eigenvalue weighted by molar-refractivity contribution is 5.66. The Morgan fingerprint density at radius 1 is 0.730 bits per heavy atom. The van der Waals surface area contributed by atoms with Crippen LogP contribution in [0.1, 0.15) is 101 Å². The number of hydrogen-bond donors (Lipinski definition) is 0. The van der Waals surface area contributed by atoms with Gasteiger partial charge >= 0.3 is 0 Å². The van der Waals surface area contributed by atoms with Gasteiger partial charge in [0.2, 0.25) is 0 Å². The van der Waals surface area contributed by atoms with E-state index in [1.165, 1.54) is 30.3 Å². The van der Waals surface area contributed by atoms with E-state index in [9.17, 15) is 8.78 Å². The van der Waals surface area contributed by atoms with E-state index in [0.29, 0.717) is 37.2 Å². The minimum atomic E-state index is -1.18. The molecule has 0 aromatic heterocycles. The molecule has 0 radical (unpaired) electrons. The van der Waals surface area contributed by atoms with Crippen molar-refractivity contribution in [3.8, 4) is 11.1 Å². The summed E-state index contributed by atoms with van der Waals surface area (Å²) in [5.74, 6) is -4.52. The third kappa shape index (κ3) is 6.26. The molecule has 2 aliphatic rings. The molecule has 0 spiro atoms. The van der Waals surface area contributed by atoms with Gasteiger partial charge in [-0.25, -0.2) is 22.0 Å². The number of halogens is 6. The van der Waals surface area contributed by atoms with Crippen LogP contribution in [0.3, 0.4) is 0 Å². The lowest BCUT2D eigenvalue weighted by Crippen LogP contribution is -2.15. The van der Waals surface area contributed by atoms with E-state index < -0.39 is 35.8 Å². The lowest BCUT2D eigenvalue weighted by Gasteiger charge is -2.29. The molecule has 0 N–H and O–H groups in total. The SMILES string of the molecule is CCCC1CCC(c2ccc(-c3ccc(C4CCC(/C=C(\F)CCF)CC4)c(F)c3F)c(F)c2F)CC1. The van der Waals surface area contributed by atoms with Crippen molar-refractivity contribution in [2.45, 2.75) is 89.4 Å². The zero-order valence-electron chi connectivity index (χ0n) is 21.4. The summed E-state index contributed by atoms with van der Waals surface area (Å²) >= 11 is 0. The highest BCUT2D eigenvalue weighted by Crippen LogP contribution is 2.42. The fourth-order valence-electron chi connectivity index (χ4n) is 6.37. The van der Waals surface area contributed by atoms with Crippen LogP contribution in [0.5, 0.6) is 0 Å². The van der Waals surface area contributed by atoms with E-state index in [0.717, 1.165) is 38.5 Å². The number of benzene rings is 2. The number of alkyl halides is 1. The highest BCUT2D eigenvalue weighted by Gasteiger charge is 2.29. The van der Waals surface area contributed by atoms with Gasteiger partial charge in [0.05, 0.1) is 12.5 Å². The van der Waals surface area contributed by atoms with E-state index in [4.69, 9.17) is 0 Å². The van der Waals surface area contributed by atoms with Gasteiger partial charge in [-0.2, -0.15) is 0 Å². The maximum atomic E-state index is 15.2. The Hall–Kier alpha value is -2.24. The first kappa shape index (κ1) is 27.8. The molecule has 2 aromatic carbocycles. The third-order valence-electron chi connectivity index (χ3n) is 8.46. The van der Waals surface area contributed by atoms with Crippen LogP contribution in [-0.4, -0.2) is 6.67 Å². The van der Waals surface area contributed by atoms with Crippen molar-refractivity contribution in [1.82, 2.24) is 0 Å². The van der Waals surface area contributed by atoms with Gasteiger partial charge in [-0.3, -0.25) is 4.39 Å². The van der Waals surface area contributed by atoms with Crippen LogP contribution in [0.25, 0.3) is 11.1 Å². The monoisotopic (exact) mass is 522 g/mol. The summed E-state index contributed by atoms with van der Waals surface area (Å²) < 4.78 is 86.5. The molecule has 6 heteroatoms. The molecule has 202 valence electrons. The van der Waals surface area contributed by atoms with Crippen molar-refractivity contribution < 1.29 is 26.3 Å². The number of rotatable bonds is 8. The second-order valence-electron chi connectivity index (χ2n) is 10.8. The van der Waals surface area contributed by atoms with Crippen molar-refractivity contribution in [3.05, 3.63) is 70.6 Å². The van der Waals surface area contributed by atoms with Gasteiger partial charge in [0.15, 0.2) is 23.3 Å². The van der Waals surface area contributed by atoms with Crippen LogP contribution in [0.2, 0.25) is 0 Å². The van der Waals surface area contributed by atoms with Crippen LogP contribution in [0.15, 0.2) is 36.2 Å². The average Bonchev–Trinajstić information content (AvgIpc) is 2.89. The lowest BCUT2D eigenvalue weighted by molar-refractivity contribution is 0.303. The summed E-state index contributed by atoms with van der Waals surface area (Å²) in [6.07, 6.45) is 9.33. The molecule has 0 unspecified atom stereocenters. The Balaban J connectivity index is 1.49. The third-order valence-corrected chi connectivity index (χ3v) is 8.46. The summed E-state index contributed by atoms with van der Waals surface area (Å²) in [5.41, 5.74) is -0.0430. The Morgan fingerprint density at radius 2 is 1.22 bits per heavy atom. The van der Waals surface area contributed by atoms with Crippen molar-refractivity contribution in [2.24, 2.45) is 11.8 Å². The molecule has 0 aliphatic heterocycles. The van der Waals surface area contributed by atoms with Crippen molar-refractivity contribution in [1.29, 1.82) is 0 Å². The molecular weight excluding hydrogens is 486 g/mol. The van der Waals surface area contributed by atoms with E-state index in [1.807, 2.05) is 0 Å². The van der Waals surface area contributed by atoms with Gasteiger partial charge in [-0.15, -0.1) is 0 Å². The lowest BCUT2D eigenvalue weighted by atomic mass is 9.76. The molecule has 4 rings (SSSR count). The van der Waals surface area contributed by atoms with Crippen LogP contribution in [-0.2, 0) is 0 Å². The average molecular weight is 523 g/mol. The molecule has 2 fully saturated rings. The van der Waals surface area contributed by atoms with E-state index in [2.05, 4.69) is 6.92 Å². The van der Waals surface area contributed by atoms with Gasteiger partial charge in [0, 0.05) is 17.5 Å². The zero-order valence-corrected chi connectivity index (χ0v) is 21.4. The Morgan fingerprint density at radius 3 is 1.68 bits per heavy atom. The fourth-order valence-corrected chi connectivity index (χ4v) is 6.37. The van der Waals surface area contributed by atoms with Crippen LogP contribution in [0.4, 0.5) is 26.3 Å². The predicted octanol–water partition coefficient (Wildman–Crippen LogP) is 10.5. The molecular formula is C31H36F6. The first-order valence-corrected chi connectivity index (χ1v) is 13.7. The van der Waals surface area contributed by atoms with Crippen molar-refractivity contribution in [3.63, 3.8) is 0 Å². The molecule has 0 heterocycles. The second-order valence-corrected chi connectivity index (χ2v) is 10.8. The summed E-state index contributed by atoms with van der Waals surface area (Å²) in [4.78, 5) is 0. The topological polar surface area (TPSA) is 0 Å². The Bertz CT molecular complexity index is 1090.